The quantitative estimate of drug-likeness (QED) is 0.857. The van der Waals surface area contributed by atoms with Gasteiger partial charge < -0.3 is 5.32 Å². The maximum Gasteiger partial charge on any atom is 0.127 e. The molecule has 20 heavy (non-hydrogen) atoms. The highest BCUT2D eigenvalue weighted by Gasteiger charge is 2.17. The average Bonchev–Trinajstić information content (AvgIpc) is 2.47. The molecule has 0 bridgehead atoms. The van der Waals surface area contributed by atoms with Gasteiger partial charge in [0.1, 0.15) is 10.7 Å². The van der Waals surface area contributed by atoms with Crippen LogP contribution in [0.2, 0.25) is 0 Å². The van der Waals surface area contributed by atoms with Gasteiger partial charge >= 0.3 is 0 Å². The molecule has 0 spiro atoms. The molecule has 0 radical (unpaired) electrons. The van der Waals surface area contributed by atoms with Crippen LogP contribution < -0.4 is 5.32 Å². The minimum absolute atomic E-state index is 0.504. The lowest BCUT2D eigenvalue weighted by Gasteiger charge is -2.24. The van der Waals surface area contributed by atoms with Gasteiger partial charge in [-0.2, -0.15) is 0 Å². The molecule has 1 aromatic carbocycles. The lowest BCUT2D eigenvalue weighted by Crippen LogP contribution is -2.36. The van der Waals surface area contributed by atoms with Crippen molar-refractivity contribution in [3.8, 4) is 0 Å². The van der Waals surface area contributed by atoms with Crippen LogP contribution in [0.5, 0.6) is 0 Å². The summed E-state index contributed by atoms with van der Waals surface area (Å²) in [4.78, 5) is 10.0. The summed E-state index contributed by atoms with van der Waals surface area (Å²) in [5.41, 5.74) is 3.55. The molecule has 0 saturated heterocycles. The minimum atomic E-state index is 0.504. The highest BCUT2D eigenvalue weighted by molar-refractivity contribution is 7.80. The molecule has 0 amide bonds. The van der Waals surface area contributed by atoms with Crippen LogP contribution in [0.15, 0.2) is 24.3 Å². The highest BCUT2D eigenvalue weighted by Crippen LogP contribution is 2.19. The van der Waals surface area contributed by atoms with Crippen molar-refractivity contribution < 1.29 is 0 Å². The van der Waals surface area contributed by atoms with Gasteiger partial charge in [0, 0.05) is 6.04 Å². The Hall–Kier alpha value is -1.55. The van der Waals surface area contributed by atoms with Gasteiger partial charge in [0.25, 0.3) is 0 Å². The van der Waals surface area contributed by atoms with E-state index in [1.807, 2.05) is 31.2 Å². The van der Waals surface area contributed by atoms with Crippen molar-refractivity contribution in [1.82, 2.24) is 15.3 Å². The van der Waals surface area contributed by atoms with Crippen molar-refractivity contribution in [2.45, 2.75) is 45.1 Å². The first-order valence-electron chi connectivity index (χ1n) is 7.28. The van der Waals surface area contributed by atoms with Gasteiger partial charge in [-0.25, -0.2) is 9.97 Å². The number of thiocarbonyl (C=S) groups is 1. The maximum atomic E-state index is 5.54. The van der Waals surface area contributed by atoms with Crippen LogP contribution in [0.25, 0.3) is 11.0 Å². The zero-order valence-corrected chi connectivity index (χ0v) is 12.5. The molecule has 0 unspecified atom stereocenters. The number of benzene rings is 1. The van der Waals surface area contributed by atoms with E-state index in [0.29, 0.717) is 6.04 Å². The largest absolute Gasteiger partial charge is 0.372 e. The van der Waals surface area contributed by atoms with Crippen LogP contribution in [0.3, 0.4) is 0 Å². The molecule has 1 saturated carbocycles. The molecule has 2 aromatic rings. The fourth-order valence-electron chi connectivity index (χ4n) is 2.80. The van der Waals surface area contributed by atoms with Crippen molar-refractivity contribution in [3.63, 3.8) is 0 Å². The predicted octanol–water partition coefficient (Wildman–Crippen LogP) is 3.54. The van der Waals surface area contributed by atoms with Crippen molar-refractivity contribution in [2.24, 2.45) is 0 Å². The van der Waals surface area contributed by atoms with Gasteiger partial charge in [0.15, 0.2) is 0 Å². The topological polar surface area (TPSA) is 37.8 Å². The Balaban J connectivity index is 1.84. The normalized spacial score (nSPS) is 16.2. The Morgan fingerprint density at radius 3 is 2.45 bits per heavy atom. The standard InChI is InChI=1S/C16H19N3S/c1-11-15(16(20)18-12-7-3-2-4-8-12)19-14-10-6-5-9-13(14)17-11/h5-6,9-10,12H,2-4,7-8H2,1H3,(H,18,20). The molecule has 1 aliphatic rings. The smallest absolute Gasteiger partial charge is 0.127 e. The van der Waals surface area contributed by atoms with E-state index in [-0.39, 0.29) is 0 Å². The van der Waals surface area contributed by atoms with Gasteiger partial charge in [-0.3, -0.25) is 0 Å². The van der Waals surface area contributed by atoms with E-state index < -0.39 is 0 Å². The molecule has 1 aromatic heterocycles. The molecular formula is C16H19N3S. The average molecular weight is 285 g/mol. The highest BCUT2D eigenvalue weighted by atomic mass is 32.1. The number of hydrogen-bond donors (Lipinski definition) is 1. The second kappa shape index (κ2) is 5.83. The van der Waals surface area contributed by atoms with E-state index >= 15 is 0 Å². The Labute approximate surface area is 124 Å². The Bertz CT molecular complexity index is 633. The number of rotatable bonds is 2. The Kier molecular flexibility index (Phi) is 3.92. The third-order valence-electron chi connectivity index (χ3n) is 3.90. The zero-order valence-electron chi connectivity index (χ0n) is 11.7. The van der Waals surface area contributed by atoms with E-state index in [0.717, 1.165) is 27.4 Å². The fourth-order valence-corrected chi connectivity index (χ4v) is 3.16. The summed E-state index contributed by atoms with van der Waals surface area (Å²) in [5, 5.41) is 3.47. The molecule has 3 rings (SSSR count). The fraction of sp³-hybridized carbons (Fsp3) is 0.438. The van der Waals surface area contributed by atoms with E-state index in [1.165, 1.54) is 32.1 Å². The van der Waals surface area contributed by atoms with Crippen molar-refractivity contribution in [2.75, 3.05) is 0 Å². The summed E-state index contributed by atoms with van der Waals surface area (Å²) in [6, 6.07) is 8.43. The summed E-state index contributed by atoms with van der Waals surface area (Å²) in [6.07, 6.45) is 6.35. The van der Waals surface area contributed by atoms with Gasteiger partial charge in [-0.05, 0) is 31.9 Å². The monoisotopic (exact) mass is 285 g/mol. The van der Waals surface area contributed by atoms with Gasteiger partial charge in [0.05, 0.1) is 16.7 Å². The number of hydrogen-bond acceptors (Lipinski definition) is 3. The van der Waals surface area contributed by atoms with Crippen molar-refractivity contribution >= 4 is 28.2 Å². The number of aromatic nitrogens is 2. The molecule has 0 atom stereocenters. The molecule has 4 heteroatoms. The van der Waals surface area contributed by atoms with E-state index in [1.54, 1.807) is 0 Å². The first kappa shape index (κ1) is 13.4. The first-order chi connectivity index (χ1) is 9.74. The number of aryl methyl sites for hydroxylation is 1. The summed E-state index contributed by atoms with van der Waals surface area (Å²) < 4.78 is 0. The molecule has 3 nitrogen and oxygen atoms in total. The van der Waals surface area contributed by atoms with Crippen LogP contribution in [0, 0.1) is 6.92 Å². The van der Waals surface area contributed by atoms with E-state index in [9.17, 15) is 0 Å². The Morgan fingerprint density at radius 2 is 1.75 bits per heavy atom. The number of fused-ring (bicyclic) bond motifs is 1. The first-order valence-corrected chi connectivity index (χ1v) is 7.69. The summed E-state index contributed by atoms with van der Waals surface area (Å²) in [7, 11) is 0. The minimum Gasteiger partial charge on any atom is -0.372 e. The summed E-state index contributed by atoms with van der Waals surface area (Å²) >= 11 is 5.54. The van der Waals surface area contributed by atoms with E-state index in [2.05, 4.69) is 15.3 Å². The molecule has 1 heterocycles. The van der Waals surface area contributed by atoms with Crippen LogP contribution >= 0.6 is 12.2 Å². The number of para-hydroxylation sites is 2. The van der Waals surface area contributed by atoms with Crippen LogP contribution in [0.1, 0.15) is 43.5 Å². The molecule has 1 N–H and O–H groups in total. The molecular weight excluding hydrogens is 266 g/mol. The zero-order chi connectivity index (χ0) is 13.9. The van der Waals surface area contributed by atoms with Crippen molar-refractivity contribution in [3.05, 3.63) is 35.7 Å². The molecule has 0 aliphatic heterocycles. The lowest BCUT2D eigenvalue weighted by molar-refractivity contribution is 0.415. The van der Waals surface area contributed by atoms with Crippen LogP contribution in [0.4, 0.5) is 0 Å². The third-order valence-corrected chi connectivity index (χ3v) is 4.21. The van der Waals surface area contributed by atoms with Crippen molar-refractivity contribution in [1.29, 1.82) is 0 Å². The summed E-state index contributed by atoms with van der Waals surface area (Å²) in [5.74, 6) is 0. The number of nitrogens with one attached hydrogen (secondary N) is 1. The third kappa shape index (κ3) is 2.80. The predicted molar refractivity (Wildman–Crippen MR) is 86.0 cm³/mol. The van der Waals surface area contributed by atoms with E-state index in [4.69, 9.17) is 12.2 Å². The van der Waals surface area contributed by atoms with Gasteiger partial charge in [0.2, 0.25) is 0 Å². The second-order valence-corrected chi connectivity index (χ2v) is 5.86. The second-order valence-electron chi connectivity index (χ2n) is 5.45. The van der Waals surface area contributed by atoms with Crippen LogP contribution in [-0.2, 0) is 0 Å². The maximum absolute atomic E-state index is 5.54. The van der Waals surface area contributed by atoms with Gasteiger partial charge in [-0.1, -0.05) is 43.6 Å². The number of nitrogens with zero attached hydrogens (tertiary/aromatic N) is 2. The van der Waals surface area contributed by atoms with Crippen LogP contribution in [-0.4, -0.2) is 21.0 Å². The summed E-state index contributed by atoms with van der Waals surface area (Å²) in [6.45, 7) is 1.98. The SMILES string of the molecule is Cc1nc2ccccc2nc1C(=S)NC1CCCCC1. The molecule has 1 aliphatic carbocycles. The molecule has 1 fully saturated rings. The Morgan fingerprint density at radius 1 is 1.10 bits per heavy atom. The lowest BCUT2D eigenvalue weighted by atomic mass is 9.95. The molecule has 104 valence electrons. The van der Waals surface area contributed by atoms with Gasteiger partial charge in [-0.15, -0.1) is 0 Å².